The molecule has 1 aromatic carbocycles. The lowest BCUT2D eigenvalue weighted by molar-refractivity contribution is 0.180. The molecule has 0 saturated heterocycles. The van der Waals surface area contributed by atoms with Crippen LogP contribution in [0.4, 0.5) is 10.2 Å². The van der Waals surface area contributed by atoms with Gasteiger partial charge in [0.25, 0.3) is 0 Å². The second kappa shape index (κ2) is 6.08. The van der Waals surface area contributed by atoms with Crippen LogP contribution in [0.3, 0.4) is 0 Å². The Morgan fingerprint density at radius 2 is 1.95 bits per heavy atom. The minimum Gasteiger partial charge on any atom is -0.383 e. The number of nitrogens with zero attached hydrogens (tertiary/aromatic N) is 2. The Kier molecular flexibility index (Phi) is 4.44. The molecule has 1 heterocycles. The maximum atomic E-state index is 12.8. The van der Waals surface area contributed by atoms with Gasteiger partial charge in [0.05, 0.1) is 16.8 Å². The van der Waals surface area contributed by atoms with E-state index in [2.05, 4.69) is 25.9 Å². The van der Waals surface area contributed by atoms with E-state index >= 15 is 0 Å². The lowest BCUT2D eigenvalue weighted by atomic mass is 10.1. The second-order valence-electron chi connectivity index (χ2n) is 4.02. The molecular formula is C13H13BrFN3O. The summed E-state index contributed by atoms with van der Waals surface area (Å²) in [6.07, 6.45) is 0.495. The van der Waals surface area contributed by atoms with E-state index in [0.717, 1.165) is 5.56 Å². The van der Waals surface area contributed by atoms with Crippen LogP contribution in [0.5, 0.6) is 0 Å². The summed E-state index contributed by atoms with van der Waals surface area (Å²) in [5.74, 6) is 0.693. The third-order valence-corrected chi connectivity index (χ3v) is 3.41. The second-order valence-corrected chi connectivity index (χ2v) is 4.82. The highest BCUT2D eigenvalue weighted by molar-refractivity contribution is 9.10. The third kappa shape index (κ3) is 3.48. The van der Waals surface area contributed by atoms with Gasteiger partial charge < -0.3 is 10.5 Å². The highest BCUT2D eigenvalue weighted by Gasteiger charge is 2.10. The van der Waals surface area contributed by atoms with Crippen LogP contribution in [-0.4, -0.2) is 17.1 Å². The van der Waals surface area contributed by atoms with Gasteiger partial charge in [-0.3, -0.25) is 0 Å². The maximum absolute atomic E-state index is 12.8. The van der Waals surface area contributed by atoms with Crippen LogP contribution < -0.4 is 5.73 Å². The molecule has 0 unspecified atom stereocenters. The van der Waals surface area contributed by atoms with Gasteiger partial charge in [-0.1, -0.05) is 12.1 Å². The van der Waals surface area contributed by atoms with Crippen molar-refractivity contribution in [3.63, 3.8) is 0 Å². The van der Waals surface area contributed by atoms with E-state index in [4.69, 9.17) is 10.5 Å². The fraction of sp³-hybridized carbons (Fsp3) is 0.231. The van der Waals surface area contributed by atoms with Gasteiger partial charge in [-0.15, -0.1) is 0 Å². The van der Waals surface area contributed by atoms with Crippen molar-refractivity contribution in [2.75, 3.05) is 12.8 Å². The molecule has 2 N–H and O–H groups in total. The molecular weight excluding hydrogens is 313 g/mol. The molecule has 4 nitrogen and oxygen atoms in total. The molecule has 0 fully saturated rings. The zero-order chi connectivity index (χ0) is 13.8. The number of nitrogen functional groups attached to an aromatic ring is 1. The molecule has 0 spiro atoms. The quantitative estimate of drug-likeness (QED) is 0.938. The van der Waals surface area contributed by atoms with Crippen LogP contribution in [0, 0.1) is 5.82 Å². The summed E-state index contributed by atoms with van der Waals surface area (Å²) < 4.78 is 18.5. The van der Waals surface area contributed by atoms with E-state index < -0.39 is 0 Å². The number of benzene rings is 1. The number of methoxy groups -OCH3 is 1. The lowest BCUT2D eigenvalue weighted by Gasteiger charge is -2.08. The van der Waals surface area contributed by atoms with Crippen LogP contribution in [0.25, 0.3) is 0 Å². The van der Waals surface area contributed by atoms with E-state index in [1.807, 2.05) is 0 Å². The van der Waals surface area contributed by atoms with Crippen LogP contribution in [0.2, 0.25) is 0 Å². The van der Waals surface area contributed by atoms with E-state index in [9.17, 15) is 4.39 Å². The van der Waals surface area contributed by atoms with Crippen molar-refractivity contribution < 1.29 is 9.13 Å². The van der Waals surface area contributed by atoms with Gasteiger partial charge >= 0.3 is 0 Å². The first-order valence-corrected chi connectivity index (χ1v) is 6.43. The summed E-state index contributed by atoms with van der Waals surface area (Å²) in [5.41, 5.74) is 7.44. The Balaban J connectivity index is 2.27. The summed E-state index contributed by atoms with van der Waals surface area (Å²) in [6, 6.07) is 6.22. The van der Waals surface area contributed by atoms with E-state index in [0.29, 0.717) is 34.8 Å². The SMILES string of the molecule is COCc1nc(Cc2ccc(F)cc2)nc(N)c1Br. The highest BCUT2D eigenvalue weighted by Crippen LogP contribution is 2.22. The van der Waals surface area contributed by atoms with Crippen LogP contribution >= 0.6 is 15.9 Å². The molecule has 0 bridgehead atoms. The Hall–Kier alpha value is -1.53. The van der Waals surface area contributed by atoms with Gasteiger partial charge in [0, 0.05) is 13.5 Å². The number of ether oxygens (including phenoxy) is 1. The molecule has 0 aliphatic carbocycles. The van der Waals surface area contributed by atoms with E-state index in [1.165, 1.54) is 12.1 Å². The van der Waals surface area contributed by atoms with Crippen LogP contribution in [-0.2, 0) is 17.8 Å². The fourth-order valence-electron chi connectivity index (χ4n) is 1.66. The largest absolute Gasteiger partial charge is 0.383 e. The average Bonchev–Trinajstić information content (AvgIpc) is 2.38. The van der Waals surface area contributed by atoms with E-state index in [-0.39, 0.29) is 5.82 Å². The first-order valence-electron chi connectivity index (χ1n) is 5.64. The maximum Gasteiger partial charge on any atom is 0.141 e. The number of nitrogens with two attached hydrogens (primary N) is 1. The Bertz CT molecular complexity index is 575. The number of hydrogen-bond acceptors (Lipinski definition) is 4. The summed E-state index contributed by atoms with van der Waals surface area (Å²) in [7, 11) is 1.59. The highest BCUT2D eigenvalue weighted by atomic mass is 79.9. The molecule has 2 aromatic rings. The smallest absolute Gasteiger partial charge is 0.141 e. The standard InChI is InChI=1S/C13H13BrFN3O/c1-19-7-10-12(14)13(16)18-11(17-10)6-8-2-4-9(15)5-3-8/h2-5H,6-7H2,1H3,(H2,16,17,18). The van der Waals surface area contributed by atoms with Gasteiger partial charge in [0.1, 0.15) is 17.5 Å². The molecule has 6 heteroatoms. The normalized spacial score (nSPS) is 10.7. The van der Waals surface area contributed by atoms with Crippen LogP contribution in [0.15, 0.2) is 28.7 Å². The van der Waals surface area contributed by atoms with Gasteiger partial charge in [0.2, 0.25) is 0 Å². The van der Waals surface area contributed by atoms with Crippen molar-refractivity contribution in [1.29, 1.82) is 0 Å². The number of hydrogen-bond donors (Lipinski definition) is 1. The van der Waals surface area contributed by atoms with Crippen molar-refractivity contribution >= 4 is 21.7 Å². The molecule has 19 heavy (non-hydrogen) atoms. The van der Waals surface area contributed by atoms with Gasteiger partial charge in [-0.05, 0) is 33.6 Å². The molecule has 0 atom stereocenters. The first kappa shape index (κ1) is 13.9. The lowest BCUT2D eigenvalue weighted by Crippen LogP contribution is -2.07. The van der Waals surface area contributed by atoms with Crippen molar-refractivity contribution in [1.82, 2.24) is 9.97 Å². The van der Waals surface area contributed by atoms with Gasteiger partial charge in [-0.25, -0.2) is 14.4 Å². The molecule has 0 aliphatic rings. The predicted octanol–water partition coefficient (Wildman–Crippen LogP) is 2.70. The van der Waals surface area contributed by atoms with Crippen molar-refractivity contribution in [3.05, 3.63) is 51.6 Å². The predicted molar refractivity (Wildman–Crippen MR) is 74.1 cm³/mol. The Labute approximate surface area is 119 Å². The molecule has 0 aliphatic heterocycles. The minimum absolute atomic E-state index is 0.264. The van der Waals surface area contributed by atoms with E-state index in [1.54, 1.807) is 19.2 Å². The van der Waals surface area contributed by atoms with Gasteiger partial charge in [0.15, 0.2) is 0 Å². The molecule has 1 aromatic heterocycles. The molecule has 100 valence electrons. The summed E-state index contributed by atoms with van der Waals surface area (Å²) in [5, 5.41) is 0. The molecule has 2 rings (SSSR count). The minimum atomic E-state index is -0.264. The number of anilines is 1. The number of halogens is 2. The van der Waals surface area contributed by atoms with Crippen molar-refractivity contribution in [2.24, 2.45) is 0 Å². The fourth-order valence-corrected chi connectivity index (χ4v) is 1.95. The Morgan fingerprint density at radius 3 is 2.58 bits per heavy atom. The van der Waals surface area contributed by atoms with Crippen molar-refractivity contribution in [3.8, 4) is 0 Å². The average molecular weight is 326 g/mol. The number of aromatic nitrogens is 2. The number of rotatable bonds is 4. The third-order valence-electron chi connectivity index (χ3n) is 2.55. The molecule has 0 saturated carbocycles. The zero-order valence-electron chi connectivity index (χ0n) is 10.4. The van der Waals surface area contributed by atoms with Gasteiger partial charge in [-0.2, -0.15) is 0 Å². The molecule has 0 amide bonds. The molecule has 0 radical (unpaired) electrons. The van der Waals surface area contributed by atoms with Crippen LogP contribution in [0.1, 0.15) is 17.1 Å². The summed E-state index contributed by atoms with van der Waals surface area (Å²) in [4.78, 5) is 8.59. The summed E-state index contributed by atoms with van der Waals surface area (Å²) in [6.45, 7) is 0.351. The topological polar surface area (TPSA) is 61.0 Å². The monoisotopic (exact) mass is 325 g/mol. The summed E-state index contributed by atoms with van der Waals surface area (Å²) >= 11 is 3.33. The van der Waals surface area contributed by atoms with Crippen molar-refractivity contribution in [2.45, 2.75) is 13.0 Å². The zero-order valence-corrected chi connectivity index (χ0v) is 11.9. The Morgan fingerprint density at radius 1 is 1.26 bits per heavy atom. The first-order chi connectivity index (χ1) is 9.10.